The zero-order valence-corrected chi connectivity index (χ0v) is 13.0. The van der Waals surface area contributed by atoms with Gasteiger partial charge in [-0.25, -0.2) is 0 Å². The highest BCUT2D eigenvalue weighted by Gasteiger charge is 2.15. The van der Waals surface area contributed by atoms with Crippen LogP contribution in [0.5, 0.6) is 0 Å². The zero-order valence-electron chi connectivity index (χ0n) is 12.1. The van der Waals surface area contributed by atoms with Crippen LogP contribution in [0.15, 0.2) is 60.7 Å². The summed E-state index contributed by atoms with van der Waals surface area (Å²) in [7, 11) is 0. The monoisotopic (exact) mass is 316 g/mol. The molecule has 22 heavy (non-hydrogen) atoms. The molecule has 116 valence electrons. The smallest absolute Gasteiger partial charge is 0.167 e. The fraction of sp³-hybridized carbons (Fsp3) is 0.235. The quantitative estimate of drug-likeness (QED) is 0.613. The van der Waals surface area contributed by atoms with Gasteiger partial charge >= 0.3 is 0 Å². The van der Waals surface area contributed by atoms with E-state index in [9.17, 15) is 10.2 Å². The third-order valence-electron chi connectivity index (χ3n) is 3.38. The number of hydrogen-bond acceptors (Lipinski definition) is 3. The molecule has 4 nitrogen and oxygen atoms in total. The van der Waals surface area contributed by atoms with Crippen molar-refractivity contribution in [1.82, 2.24) is 10.6 Å². The second-order valence-corrected chi connectivity index (χ2v) is 5.32. The maximum atomic E-state index is 9.54. The van der Waals surface area contributed by atoms with Crippen molar-refractivity contribution in [2.45, 2.75) is 12.1 Å². The Hall–Kier alpha value is -1.95. The number of aliphatic hydroxyl groups excluding tert-OH is 2. The fourth-order valence-electron chi connectivity index (χ4n) is 2.20. The lowest BCUT2D eigenvalue weighted by Crippen LogP contribution is -2.41. The average molecular weight is 316 g/mol. The highest BCUT2D eigenvalue weighted by Crippen LogP contribution is 2.14. The molecular weight excluding hydrogens is 296 g/mol. The Bertz CT molecular complexity index is 526. The van der Waals surface area contributed by atoms with Gasteiger partial charge in [0.2, 0.25) is 0 Å². The van der Waals surface area contributed by atoms with Crippen LogP contribution in [-0.4, -0.2) is 28.5 Å². The Morgan fingerprint density at radius 2 is 1.14 bits per heavy atom. The second-order valence-electron chi connectivity index (χ2n) is 4.91. The topological polar surface area (TPSA) is 64.5 Å². The van der Waals surface area contributed by atoms with Gasteiger partial charge in [0.25, 0.3) is 0 Å². The van der Waals surface area contributed by atoms with Crippen molar-refractivity contribution in [2.24, 2.45) is 0 Å². The van der Waals surface area contributed by atoms with Crippen molar-refractivity contribution in [3.63, 3.8) is 0 Å². The number of rotatable bonds is 6. The van der Waals surface area contributed by atoms with Gasteiger partial charge in [-0.15, -0.1) is 0 Å². The first kappa shape index (κ1) is 16.4. The summed E-state index contributed by atoms with van der Waals surface area (Å²) in [6.45, 7) is -0.137. The van der Waals surface area contributed by atoms with Gasteiger partial charge < -0.3 is 20.8 Å². The maximum absolute atomic E-state index is 9.54. The predicted molar refractivity (Wildman–Crippen MR) is 91.4 cm³/mol. The molecule has 0 saturated carbocycles. The molecule has 0 fully saturated rings. The molecule has 0 aliphatic carbocycles. The van der Waals surface area contributed by atoms with E-state index in [4.69, 9.17) is 12.2 Å². The van der Waals surface area contributed by atoms with Crippen LogP contribution in [0.4, 0.5) is 0 Å². The number of aliphatic hydroxyl groups is 2. The van der Waals surface area contributed by atoms with Gasteiger partial charge in [0, 0.05) is 0 Å². The fourth-order valence-corrected chi connectivity index (χ4v) is 2.48. The SMILES string of the molecule is OCC(NC(=S)NC(CO)c1ccccc1)c1ccccc1. The molecule has 2 rings (SSSR count). The Labute approximate surface area is 135 Å². The Morgan fingerprint density at radius 3 is 1.45 bits per heavy atom. The lowest BCUT2D eigenvalue weighted by Gasteiger charge is -2.23. The van der Waals surface area contributed by atoms with E-state index in [0.717, 1.165) is 11.1 Å². The lowest BCUT2D eigenvalue weighted by molar-refractivity contribution is 0.250. The normalized spacial score (nSPS) is 13.2. The highest BCUT2D eigenvalue weighted by atomic mass is 32.1. The van der Waals surface area contributed by atoms with Gasteiger partial charge in [0.05, 0.1) is 25.3 Å². The summed E-state index contributed by atoms with van der Waals surface area (Å²) in [5, 5.41) is 25.6. The van der Waals surface area contributed by atoms with Crippen molar-refractivity contribution in [2.75, 3.05) is 13.2 Å². The van der Waals surface area contributed by atoms with E-state index in [-0.39, 0.29) is 25.3 Å². The molecule has 0 amide bonds. The van der Waals surface area contributed by atoms with Crippen molar-refractivity contribution in [1.29, 1.82) is 0 Å². The minimum absolute atomic E-state index is 0.0685. The Kier molecular flexibility index (Phi) is 6.33. The summed E-state index contributed by atoms with van der Waals surface area (Å²) in [4.78, 5) is 0. The number of hydrogen-bond donors (Lipinski definition) is 4. The number of thiocarbonyl (C=S) groups is 1. The summed E-state index contributed by atoms with van der Waals surface area (Å²) >= 11 is 5.29. The molecule has 5 heteroatoms. The summed E-state index contributed by atoms with van der Waals surface area (Å²) in [5.74, 6) is 0. The molecule has 2 atom stereocenters. The molecule has 0 bridgehead atoms. The Morgan fingerprint density at radius 1 is 0.773 bits per heavy atom. The predicted octanol–water partition coefficient (Wildman–Crippen LogP) is 1.92. The summed E-state index contributed by atoms with van der Waals surface area (Å²) in [5.41, 5.74) is 1.91. The van der Waals surface area contributed by atoms with Gasteiger partial charge in [-0.2, -0.15) is 0 Å². The van der Waals surface area contributed by atoms with Crippen molar-refractivity contribution in [3.05, 3.63) is 71.8 Å². The minimum Gasteiger partial charge on any atom is -0.394 e. The standard InChI is InChI=1S/C17H20N2O2S/c20-11-15(13-7-3-1-4-8-13)18-17(22)19-16(12-21)14-9-5-2-6-10-14/h1-10,15-16,20-21H,11-12H2,(H2,18,19,22). The van der Waals surface area contributed by atoms with Gasteiger partial charge in [-0.05, 0) is 23.3 Å². The summed E-state index contributed by atoms with van der Waals surface area (Å²) in [6, 6.07) is 18.6. The van der Waals surface area contributed by atoms with Gasteiger partial charge in [-0.3, -0.25) is 0 Å². The van der Waals surface area contributed by atoms with E-state index < -0.39 is 0 Å². The summed E-state index contributed by atoms with van der Waals surface area (Å²) in [6.07, 6.45) is 0. The lowest BCUT2D eigenvalue weighted by atomic mass is 10.1. The molecule has 0 heterocycles. The molecule has 0 radical (unpaired) electrons. The van der Waals surface area contributed by atoms with Crippen LogP contribution in [0.25, 0.3) is 0 Å². The van der Waals surface area contributed by atoms with Crippen molar-refractivity contribution in [3.8, 4) is 0 Å². The van der Waals surface area contributed by atoms with Crippen LogP contribution in [0.1, 0.15) is 23.2 Å². The first-order valence-corrected chi connectivity index (χ1v) is 7.54. The molecule has 2 unspecified atom stereocenters. The minimum atomic E-state index is -0.281. The van der Waals surface area contributed by atoms with Gasteiger partial charge in [-0.1, -0.05) is 60.7 Å². The van der Waals surface area contributed by atoms with E-state index in [0.29, 0.717) is 5.11 Å². The molecule has 0 spiro atoms. The van der Waals surface area contributed by atoms with Crippen LogP contribution in [-0.2, 0) is 0 Å². The van der Waals surface area contributed by atoms with Crippen molar-refractivity contribution < 1.29 is 10.2 Å². The largest absolute Gasteiger partial charge is 0.394 e. The van der Waals surface area contributed by atoms with Crippen LogP contribution < -0.4 is 10.6 Å². The third kappa shape index (κ3) is 4.53. The first-order chi connectivity index (χ1) is 10.7. The summed E-state index contributed by atoms with van der Waals surface area (Å²) < 4.78 is 0. The van der Waals surface area contributed by atoms with Crippen LogP contribution >= 0.6 is 12.2 Å². The molecule has 2 aromatic carbocycles. The first-order valence-electron chi connectivity index (χ1n) is 7.13. The van der Waals surface area contributed by atoms with Crippen LogP contribution in [0.2, 0.25) is 0 Å². The van der Waals surface area contributed by atoms with Gasteiger partial charge in [0.1, 0.15) is 0 Å². The van der Waals surface area contributed by atoms with E-state index in [1.807, 2.05) is 60.7 Å². The van der Waals surface area contributed by atoms with E-state index in [1.54, 1.807) is 0 Å². The molecule has 0 saturated heterocycles. The number of nitrogens with one attached hydrogen (secondary N) is 2. The Balaban J connectivity index is 1.99. The molecule has 0 aliphatic rings. The average Bonchev–Trinajstić information content (AvgIpc) is 2.59. The maximum Gasteiger partial charge on any atom is 0.167 e. The molecule has 0 aliphatic heterocycles. The van der Waals surface area contributed by atoms with Crippen LogP contribution in [0.3, 0.4) is 0 Å². The molecule has 2 aromatic rings. The van der Waals surface area contributed by atoms with Crippen molar-refractivity contribution >= 4 is 17.3 Å². The van der Waals surface area contributed by atoms with E-state index in [1.165, 1.54) is 0 Å². The second kappa shape index (κ2) is 8.48. The van der Waals surface area contributed by atoms with E-state index in [2.05, 4.69) is 10.6 Å². The molecule has 0 aromatic heterocycles. The molecular formula is C17H20N2O2S. The van der Waals surface area contributed by atoms with Gasteiger partial charge in [0.15, 0.2) is 5.11 Å². The molecule has 4 N–H and O–H groups in total. The third-order valence-corrected chi connectivity index (χ3v) is 3.62. The van der Waals surface area contributed by atoms with Crippen LogP contribution in [0, 0.1) is 0 Å². The van der Waals surface area contributed by atoms with E-state index >= 15 is 0 Å². The highest BCUT2D eigenvalue weighted by molar-refractivity contribution is 7.80. The zero-order chi connectivity index (χ0) is 15.8. The number of benzene rings is 2.